The van der Waals surface area contributed by atoms with E-state index in [1.54, 1.807) is 41.1 Å². The van der Waals surface area contributed by atoms with Gasteiger partial charge < -0.3 is 5.32 Å². The van der Waals surface area contributed by atoms with Crippen molar-refractivity contribution in [3.05, 3.63) is 93.5 Å². The first-order chi connectivity index (χ1) is 16.8. The number of rotatable bonds is 5. The Hall–Kier alpha value is -3.42. The summed E-state index contributed by atoms with van der Waals surface area (Å²) in [7, 11) is 0. The topological polar surface area (TPSA) is 67.2 Å². The molecule has 6 nitrogen and oxygen atoms in total. The van der Waals surface area contributed by atoms with Crippen molar-refractivity contribution in [3.63, 3.8) is 0 Å². The summed E-state index contributed by atoms with van der Waals surface area (Å²) in [5, 5.41) is 10.1. The number of carbonyl (C=O) groups excluding carboxylic acids is 2. The molecule has 0 spiro atoms. The average molecular weight is 505 g/mol. The molecule has 2 aromatic heterocycles. The largest absolute Gasteiger partial charge is 0.350 e. The third-order valence-corrected chi connectivity index (χ3v) is 7.53. The van der Waals surface area contributed by atoms with Gasteiger partial charge in [0.25, 0.3) is 5.91 Å². The van der Waals surface area contributed by atoms with Gasteiger partial charge in [-0.05, 0) is 61.5 Å². The SMILES string of the molecule is Cc1ccc(CNC(=O)C2(C)Cn3nc(-c4cccs4)cc3C(=O)N2c2ccc(C)cc2Cl)cc1. The van der Waals surface area contributed by atoms with E-state index in [0.29, 0.717) is 28.6 Å². The van der Waals surface area contributed by atoms with E-state index in [9.17, 15) is 9.59 Å². The minimum Gasteiger partial charge on any atom is -0.350 e. The Morgan fingerprint density at radius 2 is 1.86 bits per heavy atom. The fraction of sp³-hybridized carbons (Fsp3) is 0.222. The van der Waals surface area contributed by atoms with E-state index in [2.05, 4.69) is 10.4 Å². The molecule has 5 rings (SSSR count). The molecule has 0 bridgehead atoms. The lowest BCUT2D eigenvalue weighted by atomic mass is 9.93. The van der Waals surface area contributed by atoms with Crippen molar-refractivity contribution < 1.29 is 9.59 Å². The number of benzene rings is 2. The van der Waals surface area contributed by atoms with Crippen LogP contribution >= 0.6 is 22.9 Å². The number of aryl methyl sites for hydroxylation is 2. The number of hydrogen-bond acceptors (Lipinski definition) is 4. The molecule has 0 saturated carbocycles. The third kappa shape index (κ3) is 4.26. The minimum atomic E-state index is -1.24. The fourth-order valence-electron chi connectivity index (χ4n) is 4.38. The lowest BCUT2D eigenvalue weighted by Gasteiger charge is -2.43. The first-order valence-corrected chi connectivity index (χ1v) is 12.6. The molecule has 0 radical (unpaired) electrons. The maximum atomic E-state index is 13.9. The zero-order valence-corrected chi connectivity index (χ0v) is 21.3. The molecular formula is C27H25ClN4O2S. The maximum absolute atomic E-state index is 13.9. The molecule has 0 fully saturated rings. The summed E-state index contributed by atoms with van der Waals surface area (Å²) in [4.78, 5) is 30.1. The lowest BCUT2D eigenvalue weighted by Crippen LogP contribution is -2.64. The fourth-order valence-corrected chi connectivity index (χ4v) is 5.38. The molecule has 178 valence electrons. The summed E-state index contributed by atoms with van der Waals surface area (Å²) in [6.45, 7) is 6.27. The van der Waals surface area contributed by atoms with Gasteiger partial charge in [0.05, 0.1) is 22.1 Å². The molecule has 8 heteroatoms. The normalized spacial score (nSPS) is 17.4. The average Bonchev–Trinajstić information content (AvgIpc) is 3.50. The van der Waals surface area contributed by atoms with Crippen molar-refractivity contribution in [2.24, 2.45) is 0 Å². The predicted octanol–water partition coefficient (Wildman–Crippen LogP) is 5.62. The maximum Gasteiger partial charge on any atom is 0.277 e. The highest BCUT2D eigenvalue weighted by Crippen LogP contribution is 2.38. The summed E-state index contributed by atoms with van der Waals surface area (Å²) in [6, 6.07) is 19.2. The highest BCUT2D eigenvalue weighted by Gasteiger charge is 2.49. The van der Waals surface area contributed by atoms with Crippen LogP contribution in [-0.2, 0) is 17.9 Å². The van der Waals surface area contributed by atoms with E-state index < -0.39 is 5.54 Å². The Kier molecular flexibility index (Phi) is 5.99. The van der Waals surface area contributed by atoms with Crippen LogP contribution < -0.4 is 10.2 Å². The van der Waals surface area contributed by atoms with Gasteiger partial charge in [-0.3, -0.25) is 19.2 Å². The molecule has 2 aromatic carbocycles. The van der Waals surface area contributed by atoms with E-state index in [-0.39, 0.29) is 18.4 Å². The minimum absolute atomic E-state index is 0.198. The van der Waals surface area contributed by atoms with Crippen LogP contribution in [0.25, 0.3) is 10.6 Å². The van der Waals surface area contributed by atoms with Crippen LogP contribution in [0.15, 0.2) is 66.0 Å². The number of nitrogens with one attached hydrogen (secondary N) is 1. The summed E-state index contributed by atoms with van der Waals surface area (Å²) in [5.74, 6) is -0.591. The Bertz CT molecular complexity index is 1410. The summed E-state index contributed by atoms with van der Waals surface area (Å²) >= 11 is 8.17. The van der Waals surface area contributed by atoms with Gasteiger partial charge in [0.1, 0.15) is 16.9 Å². The summed E-state index contributed by atoms with van der Waals surface area (Å²) in [6.07, 6.45) is 0. The zero-order valence-electron chi connectivity index (χ0n) is 19.7. The van der Waals surface area contributed by atoms with E-state index >= 15 is 0 Å². The van der Waals surface area contributed by atoms with Crippen molar-refractivity contribution in [1.82, 2.24) is 15.1 Å². The highest BCUT2D eigenvalue weighted by atomic mass is 35.5. The van der Waals surface area contributed by atoms with Gasteiger partial charge in [-0.15, -0.1) is 11.3 Å². The standard InChI is InChI=1S/C27H25ClN4O2S/c1-17-6-9-19(10-7-17)15-29-26(34)27(3)16-31-23(14-21(30-31)24-5-4-12-35-24)25(33)32(27)22-11-8-18(2)13-20(22)28/h4-14H,15-16H2,1-3H3,(H,29,34). The number of thiophene rings is 1. The number of hydrogen-bond donors (Lipinski definition) is 1. The van der Waals surface area contributed by atoms with Gasteiger partial charge in [-0.2, -0.15) is 5.10 Å². The molecule has 1 aliphatic heterocycles. The van der Waals surface area contributed by atoms with Gasteiger partial charge >= 0.3 is 0 Å². The molecule has 3 heterocycles. The van der Waals surface area contributed by atoms with E-state index in [1.165, 1.54) is 4.90 Å². The van der Waals surface area contributed by atoms with E-state index in [4.69, 9.17) is 11.6 Å². The van der Waals surface area contributed by atoms with Gasteiger partial charge in [-0.1, -0.05) is 53.6 Å². The van der Waals surface area contributed by atoms with Crippen LogP contribution in [-0.4, -0.2) is 27.1 Å². The highest BCUT2D eigenvalue weighted by molar-refractivity contribution is 7.13. The molecule has 1 unspecified atom stereocenters. The molecule has 1 N–H and O–H groups in total. The number of nitrogens with zero attached hydrogens (tertiary/aromatic N) is 3. The molecule has 2 amide bonds. The smallest absolute Gasteiger partial charge is 0.277 e. The Morgan fingerprint density at radius 1 is 1.11 bits per heavy atom. The number of carbonyl (C=O) groups is 2. The van der Waals surface area contributed by atoms with Crippen LogP contribution in [0, 0.1) is 13.8 Å². The second-order valence-corrected chi connectivity index (χ2v) is 10.4. The second-order valence-electron chi connectivity index (χ2n) is 9.09. The molecule has 0 saturated heterocycles. The molecule has 0 aliphatic carbocycles. The first kappa shape index (κ1) is 23.3. The van der Waals surface area contributed by atoms with E-state index in [0.717, 1.165) is 21.6 Å². The molecule has 35 heavy (non-hydrogen) atoms. The predicted molar refractivity (Wildman–Crippen MR) is 140 cm³/mol. The van der Waals surface area contributed by atoms with Crippen LogP contribution in [0.1, 0.15) is 34.1 Å². The molecule has 4 aromatic rings. The number of halogens is 1. The van der Waals surface area contributed by atoms with Crippen molar-refractivity contribution in [3.8, 4) is 10.6 Å². The van der Waals surface area contributed by atoms with E-state index in [1.807, 2.05) is 61.7 Å². The van der Waals surface area contributed by atoms with Crippen LogP contribution in [0.5, 0.6) is 0 Å². The van der Waals surface area contributed by atoms with Gasteiger partial charge in [-0.25, -0.2) is 0 Å². The Morgan fingerprint density at radius 3 is 2.54 bits per heavy atom. The van der Waals surface area contributed by atoms with Crippen LogP contribution in [0.4, 0.5) is 5.69 Å². The van der Waals surface area contributed by atoms with Crippen molar-refractivity contribution in [1.29, 1.82) is 0 Å². The monoisotopic (exact) mass is 504 g/mol. The van der Waals surface area contributed by atoms with Gasteiger partial charge in [0.15, 0.2) is 0 Å². The van der Waals surface area contributed by atoms with Gasteiger partial charge in [0, 0.05) is 6.54 Å². The second kappa shape index (κ2) is 8.98. The molecule has 1 atom stereocenters. The number of anilines is 1. The number of amides is 2. The van der Waals surface area contributed by atoms with Crippen molar-refractivity contribution in [2.45, 2.75) is 39.4 Å². The number of fused-ring (bicyclic) bond motifs is 1. The lowest BCUT2D eigenvalue weighted by molar-refractivity contribution is -0.126. The van der Waals surface area contributed by atoms with Gasteiger partial charge in [0.2, 0.25) is 5.91 Å². The Labute approximate surface area is 213 Å². The Balaban J connectivity index is 1.55. The van der Waals surface area contributed by atoms with Crippen LogP contribution in [0.2, 0.25) is 5.02 Å². The molecular weight excluding hydrogens is 480 g/mol. The molecule has 1 aliphatic rings. The quantitative estimate of drug-likeness (QED) is 0.383. The van der Waals surface area contributed by atoms with Crippen LogP contribution in [0.3, 0.4) is 0 Å². The summed E-state index contributed by atoms with van der Waals surface area (Å²) in [5.41, 5.74) is 3.50. The summed E-state index contributed by atoms with van der Waals surface area (Å²) < 4.78 is 1.64. The first-order valence-electron chi connectivity index (χ1n) is 11.3. The number of aromatic nitrogens is 2. The van der Waals surface area contributed by atoms with Crippen molar-refractivity contribution >= 4 is 40.4 Å². The zero-order chi connectivity index (χ0) is 24.7. The van der Waals surface area contributed by atoms with Crippen molar-refractivity contribution in [2.75, 3.05) is 4.90 Å². The third-order valence-electron chi connectivity index (χ3n) is 6.33.